The lowest BCUT2D eigenvalue weighted by atomic mass is 10.2. The maximum absolute atomic E-state index is 12.8. The van der Waals surface area contributed by atoms with E-state index in [1.807, 2.05) is 37.3 Å². The predicted molar refractivity (Wildman–Crippen MR) is 96.3 cm³/mol. The van der Waals surface area contributed by atoms with E-state index < -0.39 is 10.0 Å². The molecule has 4 nitrogen and oxygen atoms in total. The molecule has 24 heavy (non-hydrogen) atoms. The molecule has 0 spiro atoms. The molecule has 0 amide bonds. The molecule has 0 unspecified atom stereocenters. The van der Waals surface area contributed by atoms with Crippen LogP contribution >= 0.6 is 0 Å². The maximum Gasteiger partial charge on any atom is 0.243 e. The Kier molecular flexibility index (Phi) is 5.33. The third-order valence-corrected chi connectivity index (χ3v) is 6.37. The Hall–Kier alpha value is -1.69. The summed E-state index contributed by atoms with van der Waals surface area (Å²) in [5.41, 5.74) is 2.34. The van der Waals surface area contributed by atoms with Crippen LogP contribution in [0.5, 0.6) is 0 Å². The quantitative estimate of drug-likeness (QED) is 0.856. The normalized spacial score (nSPS) is 17.5. The number of sulfonamides is 1. The van der Waals surface area contributed by atoms with Crippen molar-refractivity contribution in [1.82, 2.24) is 9.21 Å². The molecule has 0 saturated carbocycles. The van der Waals surface area contributed by atoms with Crippen LogP contribution in [0.3, 0.4) is 0 Å². The van der Waals surface area contributed by atoms with Crippen LogP contribution in [-0.2, 0) is 16.6 Å². The Morgan fingerprint density at radius 3 is 2.29 bits per heavy atom. The number of aryl methyl sites for hydroxylation is 1. The number of benzene rings is 2. The summed E-state index contributed by atoms with van der Waals surface area (Å²) in [6.45, 7) is 5.66. The Bertz CT molecular complexity index is 758. The molecule has 5 heteroatoms. The summed E-state index contributed by atoms with van der Waals surface area (Å²) in [5.74, 6) is 0. The zero-order chi connectivity index (χ0) is 17.0. The van der Waals surface area contributed by atoms with E-state index in [1.165, 1.54) is 5.56 Å². The molecule has 0 radical (unpaired) electrons. The van der Waals surface area contributed by atoms with Gasteiger partial charge in [0.25, 0.3) is 0 Å². The van der Waals surface area contributed by atoms with Crippen LogP contribution in [0.1, 0.15) is 17.5 Å². The first kappa shape index (κ1) is 17.1. The first-order chi connectivity index (χ1) is 11.6. The predicted octanol–water partition coefficient (Wildman–Crippen LogP) is 2.89. The van der Waals surface area contributed by atoms with Crippen LogP contribution in [0, 0.1) is 6.92 Å². The monoisotopic (exact) mass is 344 g/mol. The lowest BCUT2D eigenvalue weighted by Gasteiger charge is -2.22. The van der Waals surface area contributed by atoms with Gasteiger partial charge in [-0.05, 0) is 37.6 Å². The van der Waals surface area contributed by atoms with Crippen LogP contribution in [0.15, 0.2) is 59.5 Å². The summed E-state index contributed by atoms with van der Waals surface area (Å²) in [6, 6.07) is 17.5. The van der Waals surface area contributed by atoms with Crippen LogP contribution < -0.4 is 0 Å². The summed E-state index contributed by atoms with van der Waals surface area (Å²) in [7, 11) is -3.39. The van der Waals surface area contributed by atoms with E-state index in [9.17, 15) is 8.42 Å². The summed E-state index contributed by atoms with van der Waals surface area (Å²) in [5, 5.41) is 0. The minimum absolute atomic E-state index is 0.393. The van der Waals surface area contributed by atoms with Gasteiger partial charge < -0.3 is 0 Å². The van der Waals surface area contributed by atoms with Crippen LogP contribution in [0.2, 0.25) is 0 Å². The molecule has 0 aliphatic carbocycles. The van der Waals surface area contributed by atoms with Gasteiger partial charge in [-0.2, -0.15) is 4.31 Å². The third-order valence-electron chi connectivity index (χ3n) is 4.46. The summed E-state index contributed by atoms with van der Waals surface area (Å²) < 4.78 is 27.3. The molecule has 1 heterocycles. The van der Waals surface area contributed by atoms with Gasteiger partial charge in [0, 0.05) is 26.2 Å². The molecule has 3 rings (SSSR count). The molecule has 1 aliphatic rings. The van der Waals surface area contributed by atoms with E-state index in [-0.39, 0.29) is 0 Å². The maximum atomic E-state index is 12.8. The highest BCUT2D eigenvalue weighted by atomic mass is 32.2. The number of hydrogen-bond acceptors (Lipinski definition) is 3. The first-order valence-electron chi connectivity index (χ1n) is 8.39. The zero-order valence-corrected chi connectivity index (χ0v) is 14.9. The van der Waals surface area contributed by atoms with Gasteiger partial charge in [0.2, 0.25) is 10.0 Å². The van der Waals surface area contributed by atoms with Crippen molar-refractivity contribution in [3.63, 3.8) is 0 Å². The minimum Gasteiger partial charge on any atom is -0.298 e. The SMILES string of the molecule is Cc1ccc(S(=O)(=O)N2CCCN(Cc3ccccc3)CC2)cc1. The second-order valence-electron chi connectivity index (χ2n) is 6.33. The van der Waals surface area contributed by atoms with Crippen molar-refractivity contribution in [2.24, 2.45) is 0 Å². The van der Waals surface area contributed by atoms with Crippen molar-refractivity contribution in [3.05, 3.63) is 65.7 Å². The molecule has 128 valence electrons. The van der Waals surface area contributed by atoms with E-state index >= 15 is 0 Å². The van der Waals surface area contributed by atoms with Gasteiger partial charge in [0.15, 0.2) is 0 Å². The molecule has 2 aromatic rings. The highest BCUT2D eigenvalue weighted by Crippen LogP contribution is 2.19. The van der Waals surface area contributed by atoms with Gasteiger partial charge >= 0.3 is 0 Å². The average Bonchev–Trinajstić information content (AvgIpc) is 2.82. The largest absolute Gasteiger partial charge is 0.298 e. The summed E-state index contributed by atoms with van der Waals surface area (Å²) in [4.78, 5) is 2.73. The number of rotatable bonds is 4. The molecular weight excluding hydrogens is 320 g/mol. The van der Waals surface area contributed by atoms with Crippen LogP contribution in [-0.4, -0.2) is 43.8 Å². The van der Waals surface area contributed by atoms with E-state index in [0.29, 0.717) is 18.0 Å². The minimum atomic E-state index is -3.39. The standard InChI is InChI=1S/C19H24N2O2S/c1-17-8-10-19(11-9-17)24(22,23)21-13-5-12-20(14-15-21)16-18-6-3-2-4-7-18/h2-4,6-11H,5,12-16H2,1H3. The van der Waals surface area contributed by atoms with Crippen molar-refractivity contribution in [1.29, 1.82) is 0 Å². The van der Waals surface area contributed by atoms with Crippen molar-refractivity contribution < 1.29 is 8.42 Å². The topological polar surface area (TPSA) is 40.6 Å². The smallest absolute Gasteiger partial charge is 0.243 e. The molecule has 1 aliphatic heterocycles. The summed E-state index contributed by atoms with van der Waals surface area (Å²) >= 11 is 0. The van der Waals surface area contributed by atoms with Crippen molar-refractivity contribution >= 4 is 10.0 Å². The molecular formula is C19H24N2O2S. The second kappa shape index (κ2) is 7.47. The van der Waals surface area contributed by atoms with Crippen LogP contribution in [0.4, 0.5) is 0 Å². The molecule has 0 N–H and O–H groups in total. The highest BCUT2D eigenvalue weighted by molar-refractivity contribution is 7.89. The Labute approximate surface area is 144 Å². The second-order valence-corrected chi connectivity index (χ2v) is 8.27. The van der Waals surface area contributed by atoms with E-state index in [2.05, 4.69) is 17.0 Å². The van der Waals surface area contributed by atoms with E-state index in [1.54, 1.807) is 16.4 Å². The molecule has 1 saturated heterocycles. The first-order valence-corrected chi connectivity index (χ1v) is 9.83. The average molecular weight is 344 g/mol. The van der Waals surface area contributed by atoms with Gasteiger partial charge in [-0.25, -0.2) is 8.42 Å². The van der Waals surface area contributed by atoms with Crippen molar-refractivity contribution in [2.45, 2.75) is 24.8 Å². The number of nitrogens with zero attached hydrogens (tertiary/aromatic N) is 2. The lowest BCUT2D eigenvalue weighted by Crippen LogP contribution is -2.35. The highest BCUT2D eigenvalue weighted by Gasteiger charge is 2.26. The fourth-order valence-electron chi connectivity index (χ4n) is 3.05. The fourth-order valence-corrected chi connectivity index (χ4v) is 4.52. The van der Waals surface area contributed by atoms with Gasteiger partial charge in [-0.3, -0.25) is 4.90 Å². The number of hydrogen-bond donors (Lipinski definition) is 0. The van der Waals surface area contributed by atoms with Crippen molar-refractivity contribution in [3.8, 4) is 0 Å². The lowest BCUT2D eigenvalue weighted by molar-refractivity contribution is 0.278. The molecule has 2 aromatic carbocycles. The molecule has 1 fully saturated rings. The zero-order valence-electron chi connectivity index (χ0n) is 14.1. The van der Waals surface area contributed by atoms with E-state index in [4.69, 9.17) is 0 Å². The molecule has 0 aromatic heterocycles. The Morgan fingerprint density at radius 2 is 1.58 bits per heavy atom. The Morgan fingerprint density at radius 1 is 0.875 bits per heavy atom. The van der Waals surface area contributed by atoms with E-state index in [0.717, 1.165) is 31.6 Å². The third kappa shape index (κ3) is 4.04. The summed E-state index contributed by atoms with van der Waals surface area (Å²) in [6.07, 6.45) is 0.859. The van der Waals surface area contributed by atoms with Gasteiger partial charge in [-0.15, -0.1) is 0 Å². The molecule has 0 atom stereocenters. The Balaban J connectivity index is 1.67. The van der Waals surface area contributed by atoms with Gasteiger partial charge in [0.05, 0.1) is 4.90 Å². The van der Waals surface area contributed by atoms with Gasteiger partial charge in [-0.1, -0.05) is 48.0 Å². The van der Waals surface area contributed by atoms with Crippen LogP contribution in [0.25, 0.3) is 0 Å². The fraction of sp³-hybridized carbons (Fsp3) is 0.368. The van der Waals surface area contributed by atoms with Gasteiger partial charge in [0.1, 0.15) is 0 Å². The van der Waals surface area contributed by atoms with Crippen molar-refractivity contribution in [2.75, 3.05) is 26.2 Å². The molecule has 0 bridgehead atoms.